The van der Waals surface area contributed by atoms with Crippen LogP contribution in [0.15, 0.2) is 73.1 Å². The van der Waals surface area contributed by atoms with Gasteiger partial charge in [-0.05, 0) is 75.9 Å². The van der Waals surface area contributed by atoms with Crippen molar-refractivity contribution in [2.24, 2.45) is 5.41 Å². The standard InChI is InChI=1S/C32H36N6O4/c1-4-41-26-12-5-6-13-27(26)42-24-11-8-18-38(21-24)31-34-17-15-28(37-31)36-30-33-16-14-25(35-30)23-10-7-9-22(19-23)20-32(2,3)29(39)40/h5-7,9-10,12-17,19,24H,4,8,11,18,20-21H2,1-3H3,(H,39,40)(H,33,34,35,36,37). The molecule has 0 aliphatic carbocycles. The van der Waals surface area contributed by atoms with Crippen LogP contribution in [0.4, 0.5) is 17.7 Å². The summed E-state index contributed by atoms with van der Waals surface area (Å²) in [5, 5.41) is 12.7. The van der Waals surface area contributed by atoms with Crippen LogP contribution in [0.25, 0.3) is 11.3 Å². The third-order valence-corrected chi connectivity index (χ3v) is 7.09. The Morgan fingerprint density at radius 1 is 1.05 bits per heavy atom. The topological polar surface area (TPSA) is 123 Å². The zero-order valence-electron chi connectivity index (χ0n) is 24.2. The number of nitrogens with zero attached hydrogens (tertiary/aromatic N) is 5. The molecule has 3 heterocycles. The minimum atomic E-state index is -0.865. The van der Waals surface area contributed by atoms with Crippen molar-refractivity contribution in [3.05, 3.63) is 78.6 Å². The number of nitrogens with one attached hydrogen (secondary N) is 1. The van der Waals surface area contributed by atoms with Gasteiger partial charge in [-0.15, -0.1) is 0 Å². The van der Waals surface area contributed by atoms with Crippen molar-refractivity contribution >= 4 is 23.7 Å². The average molecular weight is 569 g/mol. The van der Waals surface area contributed by atoms with Gasteiger partial charge < -0.3 is 24.8 Å². The van der Waals surface area contributed by atoms with Gasteiger partial charge >= 0.3 is 5.97 Å². The molecule has 1 unspecified atom stereocenters. The highest BCUT2D eigenvalue weighted by Crippen LogP contribution is 2.30. The first-order valence-corrected chi connectivity index (χ1v) is 14.2. The molecule has 0 radical (unpaired) electrons. The van der Waals surface area contributed by atoms with Crippen LogP contribution >= 0.6 is 0 Å². The Labute approximate surface area is 245 Å². The number of para-hydroxylation sites is 2. The van der Waals surface area contributed by atoms with E-state index in [4.69, 9.17) is 19.4 Å². The van der Waals surface area contributed by atoms with Gasteiger partial charge in [-0.25, -0.2) is 15.0 Å². The van der Waals surface area contributed by atoms with Crippen molar-refractivity contribution in [1.82, 2.24) is 19.9 Å². The molecule has 5 rings (SSSR count). The molecule has 2 aromatic carbocycles. The van der Waals surface area contributed by atoms with Crippen LogP contribution in [-0.4, -0.2) is 56.8 Å². The van der Waals surface area contributed by atoms with E-state index in [-0.39, 0.29) is 6.10 Å². The number of piperidine rings is 1. The van der Waals surface area contributed by atoms with Crippen LogP contribution in [0.2, 0.25) is 0 Å². The summed E-state index contributed by atoms with van der Waals surface area (Å²) in [4.78, 5) is 32.1. The molecule has 0 saturated carbocycles. The number of hydrogen-bond donors (Lipinski definition) is 2. The summed E-state index contributed by atoms with van der Waals surface area (Å²) in [6.07, 6.45) is 5.69. The molecule has 4 aromatic rings. The Morgan fingerprint density at radius 2 is 1.86 bits per heavy atom. The summed E-state index contributed by atoms with van der Waals surface area (Å²) in [6, 6.07) is 19.1. The number of rotatable bonds is 11. The summed E-state index contributed by atoms with van der Waals surface area (Å²) in [7, 11) is 0. The quantitative estimate of drug-likeness (QED) is 0.230. The Hall–Kier alpha value is -4.73. The van der Waals surface area contributed by atoms with Crippen LogP contribution in [0.5, 0.6) is 11.5 Å². The maximum absolute atomic E-state index is 11.6. The fraction of sp³-hybridized carbons (Fsp3) is 0.344. The number of hydrogen-bond acceptors (Lipinski definition) is 9. The second kappa shape index (κ2) is 12.8. The summed E-state index contributed by atoms with van der Waals surface area (Å²) in [6.45, 7) is 7.48. The van der Waals surface area contributed by atoms with Crippen LogP contribution in [0, 0.1) is 5.41 Å². The van der Waals surface area contributed by atoms with Gasteiger partial charge in [0.1, 0.15) is 11.9 Å². The van der Waals surface area contributed by atoms with E-state index in [0.717, 1.165) is 47.7 Å². The minimum absolute atomic E-state index is 0.0163. The van der Waals surface area contributed by atoms with Gasteiger partial charge in [0.2, 0.25) is 11.9 Å². The smallest absolute Gasteiger partial charge is 0.309 e. The van der Waals surface area contributed by atoms with Crippen molar-refractivity contribution in [3.8, 4) is 22.8 Å². The molecule has 1 aliphatic heterocycles. The maximum Gasteiger partial charge on any atom is 0.309 e. The largest absolute Gasteiger partial charge is 0.490 e. The van der Waals surface area contributed by atoms with Gasteiger partial charge in [0.05, 0.1) is 24.3 Å². The van der Waals surface area contributed by atoms with Gasteiger partial charge in [-0.2, -0.15) is 4.98 Å². The molecule has 0 bridgehead atoms. The zero-order chi connectivity index (χ0) is 29.5. The summed E-state index contributed by atoms with van der Waals surface area (Å²) in [5.41, 5.74) is 1.67. The Bertz CT molecular complexity index is 1530. The summed E-state index contributed by atoms with van der Waals surface area (Å²) in [5.74, 6) is 2.26. The van der Waals surface area contributed by atoms with E-state index in [9.17, 15) is 9.90 Å². The summed E-state index contributed by atoms with van der Waals surface area (Å²) < 4.78 is 12.1. The number of aromatic nitrogens is 4. The SMILES string of the molecule is CCOc1ccccc1OC1CCCN(c2nccc(Nc3nccc(-c4cccc(CC(C)(C)C(=O)O)c4)n3)n2)C1. The lowest BCUT2D eigenvalue weighted by atomic mass is 9.85. The molecular formula is C32H36N6O4. The lowest BCUT2D eigenvalue weighted by Gasteiger charge is -2.33. The number of carboxylic acid groups (broad SMARTS) is 1. The number of aliphatic carboxylic acids is 1. The van der Waals surface area contributed by atoms with E-state index in [2.05, 4.69) is 20.2 Å². The van der Waals surface area contributed by atoms with E-state index in [0.29, 0.717) is 37.3 Å². The van der Waals surface area contributed by atoms with Gasteiger partial charge in [0, 0.05) is 24.5 Å². The first-order chi connectivity index (χ1) is 20.3. The first kappa shape index (κ1) is 28.8. The average Bonchev–Trinajstić information content (AvgIpc) is 2.99. The summed E-state index contributed by atoms with van der Waals surface area (Å²) >= 11 is 0. The Kier molecular flexibility index (Phi) is 8.80. The van der Waals surface area contributed by atoms with E-state index in [1.165, 1.54) is 0 Å². The lowest BCUT2D eigenvalue weighted by Crippen LogP contribution is -2.42. The molecule has 1 saturated heterocycles. The number of carboxylic acids is 1. The molecule has 0 amide bonds. The normalized spacial score (nSPS) is 15.2. The van der Waals surface area contributed by atoms with E-state index in [1.807, 2.05) is 61.5 Å². The molecule has 218 valence electrons. The minimum Gasteiger partial charge on any atom is -0.490 e. The second-order valence-corrected chi connectivity index (χ2v) is 10.9. The van der Waals surface area contributed by atoms with Gasteiger partial charge in [-0.3, -0.25) is 4.79 Å². The predicted molar refractivity (Wildman–Crippen MR) is 161 cm³/mol. The van der Waals surface area contributed by atoms with Crippen LogP contribution < -0.4 is 19.7 Å². The van der Waals surface area contributed by atoms with Crippen molar-refractivity contribution < 1.29 is 19.4 Å². The maximum atomic E-state index is 11.6. The monoisotopic (exact) mass is 568 g/mol. The molecular weight excluding hydrogens is 532 g/mol. The fourth-order valence-corrected chi connectivity index (χ4v) is 4.91. The molecule has 1 aliphatic rings. The molecule has 10 heteroatoms. The van der Waals surface area contributed by atoms with Crippen molar-refractivity contribution in [2.75, 3.05) is 29.9 Å². The molecule has 10 nitrogen and oxygen atoms in total. The van der Waals surface area contributed by atoms with E-state index >= 15 is 0 Å². The molecule has 2 aromatic heterocycles. The van der Waals surface area contributed by atoms with Gasteiger partial charge in [0.25, 0.3) is 0 Å². The molecule has 2 N–H and O–H groups in total. The van der Waals surface area contributed by atoms with E-state index in [1.54, 1.807) is 32.3 Å². The number of ether oxygens (including phenoxy) is 2. The number of carbonyl (C=O) groups is 1. The first-order valence-electron chi connectivity index (χ1n) is 14.2. The third kappa shape index (κ3) is 7.12. The number of benzene rings is 2. The molecule has 42 heavy (non-hydrogen) atoms. The van der Waals surface area contributed by atoms with Crippen LogP contribution in [-0.2, 0) is 11.2 Å². The highest BCUT2D eigenvalue weighted by Gasteiger charge is 2.27. The number of anilines is 3. The fourth-order valence-electron chi connectivity index (χ4n) is 4.91. The van der Waals surface area contributed by atoms with Crippen LogP contribution in [0.1, 0.15) is 39.2 Å². The van der Waals surface area contributed by atoms with Crippen molar-refractivity contribution in [3.63, 3.8) is 0 Å². The molecule has 1 atom stereocenters. The zero-order valence-corrected chi connectivity index (χ0v) is 24.2. The highest BCUT2D eigenvalue weighted by molar-refractivity contribution is 5.74. The van der Waals surface area contributed by atoms with Crippen molar-refractivity contribution in [1.29, 1.82) is 0 Å². The molecule has 0 spiro atoms. The Balaban J connectivity index is 1.27. The van der Waals surface area contributed by atoms with Gasteiger partial charge in [0.15, 0.2) is 11.5 Å². The van der Waals surface area contributed by atoms with Crippen LogP contribution in [0.3, 0.4) is 0 Å². The third-order valence-electron chi connectivity index (χ3n) is 7.09. The Morgan fingerprint density at radius 3 is 2.67 bits per heavy atom. The van der Waals surface area contributed by atoms with E-state index < -0.39 is 11.4 Å². The van der Waals surface area contributed by atoms with Gasteiger partial charge in [-0.1, -0.05) is 30.3 Å². The highest BCUT2D eigenvalue weighted by atomic mass is 16.5. The van der Waals surface area contributed by atoms with Crippen molar-refractivity contribution in [2.45, 2.75) is 46.1 Å². The predicted octanol–water partition coefficient (Wildman–Crippen LogP) is 5.78. The second-order valence-electron chi connectivity index (χ2n) is 10.9. The molecule has 1 fully saturated rings. The lowest BCUT2D eigenvalue weighted by molar-refractivity contribution is -0.146.